The van der Waals surface area contributed by atoms with Gasteiger partial charge in [-0.05, 0) is 69.2 Å². The van der Waals surface area contributed by atoms with E-state index in [1.165, 1.54) is 11.1 Å². The van der Waals surface area contributed by atoms with Gasteiger partial charge in [0.15, 0.2) is 11.3 Å². The Labute approximate surface area is 148 Å². The monoisotopic (exact) mass is 336 g/mol. The van der Waals surface area contributed by atoms with Gasteiger partial charge < -0.3 is 13.9 Å². The van der Waals surface area contributed by atoms with Crippen LogP contribution in [0.1, 0.15) is 25.0 Å². The predicted octanol–water partition coefficient (Wildman–Crippen LogP) is 5.93. The van der Waals surface area contributed by atoms with Crippen LogP contribution in [0.3, 0.4) is 0 Å². The van der Waals surface area contributed by atoms with Crippen molar-refractivity contribution in [2.75, 3.05) is 14.2 Å². The molecule has 3 nitrogen and oxygen atoms in total. The number of hydrogen-bond donors (Lipinski definition) is 0. The van der Waals surface area contributed by atoms with Crippen LogP contribution in [0.4, 0.5) is 0 Å². The summed E-state index contributed by atoms with van der Waals surface area (Å²) in [6.07, 6.45) is 3.11. The molecule has 25 heavy (non-hydrogen) atoms. The van der Waals surface area contributed by atoms with E-state index in [9.17, 15) is 0 Å². The molecule has 3 rings (SSSR count). The van der Waals surface area contributed by atoms with Crippen molar-refractivity contribution in [1.29, 1.82) is 0 Å². The Morgan fingerprint density at radius 3 is 2.36 bits per heavy atom. The summed E-state index contributed by atoms with van der Waals surface area (Å²) in [5.41, 5.74) is 5.48. The first-order valence-electron chi connectivity index (χ1n) is 8.41. The number of methoxy groups -OCH3 is 2. The van der Waals surface area contributed by atoms with Crippen LogP contribution in [0.2, 0.25) is 0 Å². The summed E-state index contributed by atoms with van der Waals surface area (Å²) in [6, 6.07) is 12.2. The summed E-state index contributed by atoms with van der Waals surface area (Å²) in [5, 5.41) is 1.10. The van der Waals surface area contributed by atoms with E-state index in [2.05, 4.69) is 39.0 Å². The van der Waals surface area contributed by atoms with Crippen molar-refractivity contribution in [2.24, 2.45) is 0 Å². The van der Waals surface area contributed by atoms with Gasteiger partial charge >= 0.3 is 0 Å². The molecule has 0 fully saturated rings. The van der Waals surface area contributed by atoms with Crippen LogP contribution in [0.5, 0.6) is 11.5 Å². The molecule has 3 aromatic rings. The van der Waals surface area contributed by atoms with Gasteiger partial charge in [-0.25, -0.2) is 0 Å². The molecule has 2 aromatic carbocycles. The molecule has 0 bridgehead atoms. The van der Waals surface area contributed by atoms with Crippen molar-refractivity contribution in [3.63, 3.8) is 0 Å². The van der Waals surface area contributed by atoms with E-state index >= 15 is 0 Å². The number of rotatable bonds is 5. The van der Waals surface area contributed by atoms with E-state index in [1.807, 2.05) is 24.3 Å². The molecular formula is C22H24O3. The topological polar surface area (TPSA) is 31.6 Å². The smallest absolute Gasteiger partial charge is 0.176 e. The molecule has 0 atom stereocenters. The maximum absolute atomic E-state index is 6.18. The average molecular weight is 336 g/mol. The molecule has 0 N–H and O–H groups in total. The zero-order chi connectivity index (χ0) is 18.0. The number of aryl methyl sites for hydroxylation is 1. The van der Waals surface area contributed by atoms with Crippen LogP contribution in [0.15, 0.2) is 52.5 Å². The summed E-state index contributed by atoms with van der Waals surface area (Å²) < 4.78 is 17.0. The SMILES string of the molecule is COc1ccc(-c2oc3c(OC)cc(CC=C(C)C)cc3c2C)cc1. The maximum atomic E-state index is 6.18. The molecule has 0 amide bonds. The van der Waals surface area contributed by atoms with Gasteiger partial charge in [0.1, 0.15) is 11.5 Å². The molecule has 0 radical (unpaired) electrons. The molecule has 0 unspecified atom stereocenters. The highest BCUT2D eigenvalue weighted by Crippen LogP contribution is 2.38. The Bertz CT molecular complexity index is 911. The van der Waals surface area contributed by atoms with E-state index in [4.69, 9.17) is 13.9 Å². The number of furan rings is 1. The van der Waals surface area contributed by atoms with E-state index in [-0.39, 0.29) is 0 Å². The maximum Gasteiger partial charge on any atom is 0.176 e. The van der Waals surface area contributed by atoms with Gasteiger partial charge in [0.25, 0.3) is 0 Å². The van der Waals surface area contributed by atoms with E-state index in [1.54, 1.807) is 14.2 Å². The first-order valence-corrected chi connectivity index (χ1v) is 8.41. The van der Waals surface area contributed by atoms with Gasteiger partial charge in [0.2, 0.25) is 0 Å². The van der Waals surface area contributed by atoms with Gasteiger partial charge in [-0.15, -0.1) is 0 Å². The average Bonchev–Trinajstić information content (AvgIpc) is 2.96. The fourth-order valence-corrected chi connectivity index (χ4v) is 2.95. The van der Waals surface area contributed by atoms with E-state index < -0.39 is 0 Å². The first-order chi connectivity index (χ1) is 12.0. The van der Waals surface area contributed by atoms with Gasteiger partial charge in [0, 0.05) is 16.5 Å². The third kappa shape index (κ3) is 3.41. The highest BCUT2D eigenvalue weighted by Gasteiger charge is 2.17. The molecule has 0 spiro atoms. The van der Waals surface area contributed by atoms with E-state index in [0.717, 1.165) is 45.8 Å². The highest BCUT2D eigenvalue weighted by atomic mass is 16.5. The molecule has 0 aliphatic rings. The van der Waals surface area contributed by atoms with Crippen molar-refractivity contribution in [2.45, 2.75) is 27.2 Å². The molecule has 3 heteroatoms. The van der Waals surface area contributed by atoms with Crippen molar-refractivity contribution in [1.82, 2.24) is 0 Å². The minimum absolute atomic E-state index is 0.775. The second-order valence-corrected chi connectivity index (χ2v) is 6.45. The third-order valence-corrected chi connectivity index (χ3v) is 4.38. The Morgan fingerprint density at radius 2 is 1.76 bits per heavy atom. The van der Waals surface area contributed by atoms with E-state index in [0.29, 0.717) is 0 Å². The quantitative estimate of drug-likeness (QED) is 0.541. The summed E-state index contributed by atoms with van der Waals surface area (Å²) in [5.74, 6) is 2.48. The van der Waals surface area contributed by atoms with Gasteiger partial charge in [-0.2, -0.15) is 0 Å². The molecular weight excluding hydrogens is 312 g/mol. The van der Waals surface area contributed by atoms with Crippen LogP contribution in [-0.4, -0.2) is 14.2 Å². The highest BCUT2D eigenvalue weighted by molar-refractivity contribution is 5.92. The van der Waals surface area contributed by atoms with Crippen LogP contribution in [0.25, 0.3) is 22.3 Å². The minimum Gasteiger partial charge on any atom is -0.497 e. The standard InChI is InChI=1S/C22H24O3/c1-14(2)6-7-16-12-19-15(3)21(25-22(19)20(13-16)24-5)17-8-10-18(23-4)11-9-17/h6,8-13H,7H2,1-5H3. The normalized spacial score (nSPS) is 10.8. The number of ether oxygens (including phenoxy) is 2. The summed E-state index contributed by atoms with van der Waals surface area (Å²) in [6.45, 7) is 6.32. The van der Waals surface area contributed by atoms with Gasteiger partial charge in [-0.1, -0.05) is 11.6 Å². The fourth-order valence-electron chi connectivity index (χ4n) is 2.95. The molecule has 0 saturated carbocycles. The lowest BCUT2D eigenvalue weighted by atomic mass is 10.0. The zero-order valence-electron chi connectivity index (χ0n) is 15.5. The number of fused-ring (bicyclic) bond motifs is 1. The van der Waals surface area contributed by atoms with Crippen LogP contribution in [0, 0.1) is 6.92 Å². The predicted molar refractivity (Wildman–Crippen MR) is 103 cm³/mol. The Kier molecular flexibility index (Phi) is 4.84. The zero-order valence-corrected chi connectivity index (χ0v) is 15.5. The molecule has 0 saturated heterocycles. The molecule has 0 aliphatic heterocycles. The Balaban J connectivity index is 2.12. The van der Waals surface area contributed by atoms with Crippen molar-refractivity contribution >= 4 is 11.0 Å². The minimum atomic E-state index is 0.775. The fraction of sp³-hybridized carbons (Fsp3) is 0.273. The summed E-state index contributed by atoms with van der Waals surface area (Å²) in [7, 11) is 3.35. The molecule has 1 aromatic heterocycles. The van der Waals surface area contributed by atoms with Gasteiger partial charge in [-0.3, -0.25) is 0 Å². The second kappa shape index (κ2) is 7.06. The Hall–Kier alpha value is -2.68. The van der Waals surface area contributed by atoms with Crippen LogP contribution in [-0.2, 0) is 6.42 Å². The lowest BCUT2D eigenvalue weighted by Gasteiger charge is -2.04. The van der Waals surface area contributed by atoms with Gasteiger partial charge in [0.05, 0.1) is 14.2 Å². The largest absolute Gasteiger partial charge is 0.497 e. The number of hydrogen-bond acceptors (Lipinski definition) is 3. The van der Waals surface area contributed by atoms with Crippen molar-refractivity contribution in [3.8, 4) is 22.8 Å². The molecule has 0 aliphatic carbocycles. The van der Waals surface area contributed by atoms with Crippen molar-refractivity contribution < 1.29 is 13.9 Å². The van der Waals surface area contributed by atoms with Crippen LogP contribution < -0.4 is 9.47 Å². The first kappa shape index (κ1) is 17.2. The summed E-state index contributed by atoms with van der Waals surface area (Å²) in [4.78, 5) is 0. The third-order valence-electron chi connectivity index (χ3n) is 4.38. The number of benzene rings is 2. The lowest BCUT2D eigenvalue weighted by Crippen LogP contribution is -1.88. The molecule has 1 heterocycles. The molecule has 130 valence electrons. The van der Waals surface area contributed by atoms with Crippen molar-refractivity contribution in [3.05, 3.63) is 59.2 Å². The summed E-state index contributed by atoms with van der Waals surface area (Å²) >= 11 is 0. The van der Waals surface area contributed by atoms with Crippen LogP contribution >= 0.6 is 0 Å². The lowest BCUT2D eigenvalue weighted by molar-refractivity contribution is 0.410. The number of allylic oxidation sites excluding steroid dienone is 2. The Morgan fingerprint density at radius 1 is 1.04 bits per heavy atom. The second-order valence-electron chi connectivity index (χ2n) is 6.45.